The quantitative estimate of drug-likeness (QED) is 0.785. The zero-order valence-corrected chi connectivity index (χ0v) is 13.4. The summed E-state index contributed by atoms with van der Waals surface area (Å²) in [5.41, 5.74) is 0.231. The summed E-state index contributed by atoms with van der Waals surface area (Å²) in [6.07, 6.45) is -1.33. The summed E-state index contributed by atoms with van der Waals surface area (Å²) in [7, 11) is 1.43. The van der Waals surface area contributed by atoms with Gasteiger partial charge in [-0.3, -0.25) is 0 Å². The van der Waals surface area contributed by atoms with E-state index in [1.165, 1.54) is 19.2 Å². The van der Waals surface area contributed by atoms with Crippen LogP contribution in [-0.4, -0.2) is 12.2 Å². The minimum atomic E-state index is -1.12. The maximum absolute atomic E-state index is 13.9. The second-order valence-electron chi connectivity index (χ2n) is 4.43. The highest BCUT2D eigenvalue weighted by Crippen LogP contribution is 2.32. The molecule has 0 spiro atoms. The van der Waals surface area contributed by atoms with Crippen molar-refractivity contribution in [3.8, 4) is 5.75 Å². The Bertz CT molecular complexity index is 664. The Labute approximate surface area is 134 Å². The lowest BCUT2D eigenvalue weighted by Gasteiger charge is -2.16. The van der Waals surface area contributed by atoms with Crippen LogP contribution in [0.3, 0.4) is 0 Å². The van der Waals surface area contributed by atoms with Crippen molar-refractivity contribution in [2.24, 2.45) is 0 Å². The van der Waals surface area contributed by atoms with Crippen LogP contribution in [0, 0.1) is 11.6 Å². The molecule has 21 heavy (non-hydrogen) atoms. The highest BCUT2D eigenvalue weighted by molar-refractivity contribution is 9.10. The Morgan fingerprint density at radius 2 is 2.00 bits per heavy atom. The summed E-state index contributed by atoms with van der Waals surface area (Å²) in [5.74, 6) is -1.06. The molecular weight excluding hydrogens is 366 g/mol. The molecule has 0 aliphatic carbocycles. The predicted molar refractivity (Wildman–Crippen MR) is 80.7 cm³/mol. The lowest BCUT2D eigenvalue weighted by Crippen LogP contribution is -2.07. The number of halogens is 4. The first-order valence-electron chi connectivity index (χ1n) is 6.08. The first kappa shape index (κ1) is 16.2. The molecule has 0 aliphatic heterocycles. The maximum atomic E-state index is 13.9. The predicted octanol–water partition coefficient (Wildman–Crippen LogP) is 4.67. The smallest absolute Gasteiger partial charge is 0.143 e. The van der Waals surface area contributed by atoms with Gasteiger partial charge in [-0.2, -0.15) is 0 Å². The van der Waals surface area contributed by atoms with Crippen molar-refractivity contribution in [1.29, 1.82) is 0 Å². The second kappa shape index (κ2) is 6.73. The number of rotatable bonds is 4. The fraction of sp³-hybridized carbons (Fsp3) is 0.200. The van der Waals surface area contributed by atoms with Crippen LogP contribution in [0.5, 0.6) is 5.75 Å². The van der Waals surface area contributed by atoms with E-state index in [1.54, 1.807) is 12.1 Å². The van der Waals surface area contributed by atoms with E-state index in [-0.39, 0.29) is 16.5 Å². The van der Waals surface area contributed by atoms with Crippen molar-refractivity contribution in [3.05, 3.63) is 62.6 Å². The van der Waals surface area contributed by atoms with Crippen molar-refractivity contribution < 1.29 is 18.6 Å². The Kier molecular flexibility index (Phi) is 5.19. The van der Waals surface area contributed by atoms with E-state index in [1.807, 2.05) is 0 Å². The van der Waals surface area contributed by atoms with E-state index in [0.717, 1.165) is 6.07 Å². The van der Waals surface area contributed by atoms with Gasteiger partial charge < -0.3 is 9.84 Å². The van der Waals surface area contributed by atoms with Crippen LogP contribution in [0.1, 0.15) is 17.2 Å². The van der Waals surface area contributed by atoms with Gasteiger partial charge >= 0.3 is 0 Å². The molecule has 0 amide bonds. The SMILES string of the molecule is COc1cc(Cl)ccc1C(O)Cc1c(F)ccc(Br)c1F. The van der Waals surface area contributed by atoms with Gasteiger partial charge in [0, 0.05) is 22.6 Å². The average Bonchev–Trinajstić information content (AvgIpc) is 2.47. The van der Waals surface area contributed by atoms with E-state index in [0.29, 0.717) is 16.3 Å². The summed E-state index contributed by atoms with van der Waals surface area (Å²) in [6, 6.07) is 7.11. The minimum Gasteiger partial charge on any atom is -0.496 e. The first-order valence-corrected chi connectivity index (χ1v) is 7.25. The van der Waals surface area contributed by atoms with Crippen molar-refractivity contribution in [2.45, 2.75) is 12.5 Å². The molecule has 2 rings (SSSR count). The third-order valence-electron chi connectivity index (χ3n) is 3.09. The summed E-state index contributed by atoms with van der Waals surface area (Å²) in [4.78, 5) is 0. The molecule has 0 bridgehead atoms. The fourth-order valence-electron chi connectivity index (χ4n) is 2.02. The maximum Gasteiger partial charge on any atom is 0.143 e. The normalized spacial score (nSPS) is 12.3. The van der Waals surface area contributed by atoms with Gasteiger partial charge in [-0.25, -0.2) is 8.78 Å². The number of benzene rings is 2. The van der Waals surface area contributed by atoms with Crippen LogP contribution >= 0.6 is 27.5 Å². The van der Waals surface area contributed by atoms with Crippen LogP contribution in [0.15, 0.2) is 34.8 Å². The molecule has 0 aliphatic rings. The van der Waals surface area contributed by atoms with E-state index >= 15 is 0 Å². The monoisotopic (exact) mass is 376 g/mol. The Morgan fingerprint density at radius 3 is 2.67 bits per heavy atom. The summed E-state index contributed by atoms with van der Waals surface area (Å²) in [5, 5.41) is 10.7. The lowest BCUT2D eigenvalue weighted by atomic mass is 10.00. The fourth-order valence-corrected chi connectivity index (χ4v) is 2.55. The largest absolute Gasteiger partial charge is 0.496 e. The molecule has 2 aromatic carbocycles. The number of hydrogen-bond acceptors (Lipinski definition) is 2. The molecule has 2 aromatic rings. The number of methoxy groups -OCH3 is 1. The van der Waals surface area contributed by atoms with Crippen molar-refractivity contribution >= 4 is 27.5 Å². The second-order valence-corrected chi connectivity index (χ2v) is 5.72. The standard InChI is InChI=1S/C15H12BrClF2O2/c1-21-14-6-8(17)2-3-9(14)13(20)7-10-12(18)5-4-11(16)15(10)19/h2-6,13,20H,7H2,1H3. The molecule has 0 saturated carbocycles. The lowest BCUT2D eigenvalue weighted by molar-refractivity contribution is 0.171. The van der Waals surface area contributed by atoms with Gasteiger partial charge in [0.15, 0.2) is 0 Å². The molecular formula is C15H12BrClF2O2. The topological polar surface area (TPSA) is 29.5 Å². The molecule has 1 atom stereocenters. The number of ether oxygens (including phenoxy) is 1. The molecule has 0 heterocycles. The van der Waals surface area contributed by atoms with Crippen LogP contribution in [-0.2, 0) is 6.42 Å². The zero-order chi connectivity index (χ0) is 15.6. The number of aliphatic hydroxyl groups is 1. The number of aliphatic hydroxyl groups excluding tert-OH is 1. The third kappa shape index (κ3) is 3.54. The van der Waals surface area contributed by atoms with Crippen molar-refractivity contribution in [1.82, 2.24) is 0 Å². The summed E-state index contributed by atoms with van der Waals surface area (Å²) in [6.45, 7) is 0. The number of hydrogen-bond donors (Lipinski definition) is 1. The highest BCUT2D eigenvalue weighted by Gasteiger charge is 2.20. The third-order valence-corrected chi connectivity index (χ3v) is 3.94. The van der Waals surface area contributed by atoms with Gasteiger partial charge in [0.05, 0.1) is 17.7 Å². The highest BCUT2D eigenvalue weighted by atomic mass is 79.9. The Balaban J connectivity index is 2.35. The van der Waals surface area contributed by atoms with E-state index in [2.05, 4.69) is 15.9 Å². The molecule has 0 fully saturated rings. The molecule has 1 unspecified atom stereocenters. The zero-order valence-electron chi connectivity index (χ0n) is 11.0. The van der Waals surface area contributed by atoms with Crippen LogP contribution in [0.2, 0.25) is 5.02 Å². The van der Waals surface area contributed by atoms with Gasteiger partial charge in [-0.1, -0.05) is 17.7 Å². The summed E-state index contributed by atoms with van der Waals surface area (Å²) >= 11 is 8.84. The van der Waals surface area contributed by atoms with Gasteiger partial charge in [-0.05, 0) is 40.2 Å². The first-order chi connectivity index (χ1) is 9.93. The van der Waals surface area contributed by atoms with Gasteiger partial charge in [0.2, 0.25) is 0 Å². The van der Waals surface area contributed by atoms with Crippen LogP contribution < -0.4 is 4.74 Å². The van der Waals surface area contributed by atoms with E-state index < -0.39 is 17.7 Å². The molecule has 2 nitrogen and oxygen atoms in total. The molecule has 0 radical (unpaired) electrons. The molecule has 1 N–H and O–H groups in total. The van der Waals surface area contributed by atoms with Crippen molar-refractivity contribution in [2.75, 3.05) is 7.11 Å². The average molecular weight is 378 g/mol. The molecule has 6 heteroatoms. The Morgan fingerprint density at radius 1 is 1.29 bits per heavy atom. The van der Waals surface area contributed by atoms with Gasteiger partial charge in [0.25, 0.3) is 0 Å². The molecule has 0 aromatic heterocycles. The molecule has 0 saturated heterocycles. The van der Waals surface area contributed by atoms with Gasteiger partial charge in [0.1, 0.15) is 17.4 Å². The molecule has 112 valence electrons. The summed E-state index contributed by atoms with van der Waals surface area (Å²) < 4.78 is 32.9. The Hall–Kier alpha value is -1.17. The van der Waals surface area contributed by atoms with Crippen molar-refractivity contribution in [3.63, 3.8) is 0 Å². The van der Waals surface area contributed by atoms with Gasteiger partial charge in [-0.15, -0.1) is 0 Å². The van der Waals surface area contributed by atoms with E-state index in [9.17, 15) is 13.9 Å². The minimum absolute atomic E-state index is 0.147. The van der Waals surface area contributed by atoms with E-state index in [4.69, 9.17) is 16.3 Å². The van der Waals surface area contributed by atoms with Crippen LogP contribution in [0.4, 0.5) is 8.78 Å². The van der Waals surface area contributed by atoms with Crippen LogP contribution in [0.25, 0.3) is 0 Å².